The van der Waals surface area contributed by atoms with Crippen LogP contribution in [0.2, 0.25) is 5.02 Å². The number of halogens is 1. The standard InChI is InChI=1S/C21H22ClN3OS/c1-14-9-11-15(12-10-14)25-19(16-7-5-6-8-17(16)22)23-24-20(25)27-13-18(26)21(2,3)4/h5-12H,13H2,1-4H3. The summed E-state index contributed by atoms with van der Waals surface area (Å²) in [4.78, 5) is 12.4. The Morgan fingerprint density at radius 1 is 1.07 bits per heavy atom. The molecule has 0 atom stereocenters. The minimum Gasteiger partial charge on any atom is -0.298 e. The highest BCUT2D eigenvalue weighted by molar-refractivity contribution is 7.99. The van der Waals surface area contributed by atoms with Gasteiger partial charge in [0, 0.05) is 16.7 Å². The van der Waals surface area contributed by atoms with Gasteiger partial charge in [0.15, 0.2) is 11.0 Å². The number of carbonyl (C=O) groups excluding carboxylic acids is 1. The minimum absolute atomic E-state index is 0.172. The molecule has 3 aromatic rings. The molecule has 2 aromatic carbocycles. The smallest absolute Gasteiger partial charge is 0.196 e. The maximum atomic E-state index is 12.4. The fraction of sp³-hybridized carbons (Fsp3) is 0.286. The molecular formula is C21H22ClN3OS. The van der Waals surface area contributed by atoms with Crippen LogP contribution in [0.15, 0.2) is 53.7 Å². The van der Waals surface area contributed by atoms with Crippen LogP contribution in [0, 0.1) is 12.3 Å². The third-order valence-electron chi connectivity index (χ3n) is 4.21. The van der Waals surface area contributed by atoms with Crippen molar-refractivity contribution in [1.82, 2.24) is 14.8 Å². The quantitative estimate of drug-likeness (QED) is 0.523. The summed E-state index contributed by atoms with van der Waals surface area (Å²) in [6.07, 6.45) is 0. The Kier molecular flexibility index (Phi) is 5.72. The zero-order valence-corrected chi connectivity index (χ0v) is 17.4. The number of ketones is 1. The average molecular weight is 400 g/mol. The van der Waals surface area contributed by atoms with E-state index in [9.17, 15) is 4.79 Å². The van der Waals surface area contributed by atoms with Crippen LogP contribution in [0.3, 0.4) is 0 Å². The lowest BCUT2D eigenvalue weighted by molar-refractivity contribution is -0.123. The van der Waals surface area contributed by atoms with Gasteiger partial charge in [0.05, 0.1) is 10.8 Å². The van der Waals surface area contributed by atoms with Crippen LogP contribution >= 0.6 is 23.4 Å². The number of nitrogens with zero attached hydrogens (tertiary/aromatic N) is 3. The highest BCUT2D eigenvalue weighted by Gasteiger charge is 2.23. The first kappa shape index (κ1) is 19.6. The second kappa shape index (κ2) is 7.87. The van der Waals surface area contributed by atoms with Crippen molar-refractivity contribution in [1.29, 1.82) is 0 Å². The van der Waals surface area contributed by atoms with Gasteiger partial charge in [-0.3, -0.25) is 9.36 Å². The Balaban J connectivity index is 2.05. The predicted molar refractivity (Wildman–Crippen MR) is 112 cm³/mol. The van der Waals surface area contributed by atoms with Gasteiger partial charge in [-0.2, -0.15) is 0 Å². The first-order valence-electron chi connectivity index (χ1n) is 8.71. The molecule has 4 nitrogen and oxygen atoms in total. The van der Waals surface area contributed by atoms with Crippen LogP contribution in [0.25, 0.3) is 17.1 Å². The number of carbonyl (C=O) groups is 1. The zero-order valence-electron chi connectivity index (χ0n) is 15.9. The van der Waals surface area contributed by atoms with Crippen LogP contribution in [-0.2, 0) is 4.79 Å². The molecule has 1 aromatic heterocycles. The second-order valence-corrected chi connectivity index (χ2v) is 8.77. The number of hydrogen-bond acceptors (Lipinski definition) is 4. The normalized spacial score (nSPS) is 11.6. The van der Waals surface area contributed by atoms with Crippen molar-refractivity contribution in [3.05, 3.63) is 59.1 Å². The number of thioether (sulfide) groups is 1. The Labute approximate surface area is 169 Å². The van der Waals surface area contributed by atoms with Crippen LogP contribution in [0.4, 0.5) is 0 Å². The highest BCUT2D eigenvalue weighted by Crippen LogP contribution is 2.32. The first-order valence-corrected chi connectivity index (χ1v) is 10.1. The number of aromatic nitrogens is 3. The lowest BCUT2D eigenvalue weighted by Crippen LogP contribution is -2.22. The molecule has 0 spiro atoms. The van der Waals surface area contributed by atoms with Crippen molar-refractivity contribution in [3.63, 3.8) is 0 Å². The highest BCUT2D eigenvalue weighted by atomic mass is 35.5. The van der Waals surface area contributed by atoms with Gasteiger partial charge >= 0.3 is 0 Å². The number of rotatable bonds is 5. The van der Waals surface area contributed by atoms with Gasteiger partial charge in [-0.25, -0.2) is 0 Å². The van der Waals surface area contributed by atoms with Crippen molar-refractivity contribution in [2.24, 2.45) is 5.41 Å². The van der Waals surface area contributed by atoms with Gasteiger partial charge < -0.3 is 0 Å². The molecule has 0 bridgehead atoms. The Morgan fingerprint density at radius 2 is 1.74 bits per heavy atom. The Morgan fingerprint density at radius 3 is 2.37 bits per heavy atom. The maximum absolute atomic E-state index is 12.4. The fourth-order valence-electron chi connectivity index (χ4n) is 2.45. The average Bonchev–Trinajstić information content (AvgIpc) is 3.03. The SMILES string of the molecule is Cc1ccc(-n2c(SCC(=O)C(C)(C)C)nnc2-c2ccccc2Cl)cc1. The van der Waals surface area contributed by atoms with E-state index in [4.69, 9.17) is 11.6 Å². The molecule has 0 fully saturated rings. The summed E-state index contributed by atoms with van der Waals surface area (Å²) in [6.45, 7) is 7.82. The molecule has 27 heavy (non-hydrogen) atoms. The Hall–Kier alpha value is -2.11. The zero-order chi connectivity index (χ0) is 19.6. The molecule has 0 aliphatic carbocycles. The number of aryl methyl sites for hydroxylation is 1. The van der Waals surface area contributed by atoms with Crippen LogP contribution in [-0.4, -0.2) is 26.3 Å². The largest absolute Gasteiger partial charge is 0.298 e. The predicted octanol–water partition coefficient (Wildman–Crippen LogP) is 5.60. The summed E-state index contributed by atoms with van der Waals surface area (Å²) in [5.41, 5.74) is 2.53. The summed E-state index contributed by atoms with van der Waals surface area (Å²) >= 11 is 7.80. The molecule has 0 saturated carbocycles. The van der Waals surface area contributed by atoms with Crippen molar-refractivity contribution in [2.45, 2.75) is 32.9 Å². The summed E-state index contributed by atoms with van der Waals surface area (Å²) < 4.78 is 1.96. The summed E-state index contributed by atoms with van der Waals surface area (Å²) in [5, 5.41) is 10.0. The van der Waals surface area contributed by atoms with Gasteiger partial charge in [0.2, 0.25) is 0 Å². The van der Waals surface area contributed by atoms with Gasteiger partial charge in [0.1, 0.15) is 5.78 Å². The van der Waals surface area contributed by atoms with Gasteiger partial charge in [-0.15, -0.1) is 10.2 Å². The van der Waals surface area contributed by atoms with Crippen molar-refractivity contribution in [3.8, 4) is 17.1 Å². The number of hydrogen-bond donors (Lipinski definition) is 0. The van der Waals surface area contributed by atoms with E-state index in [0.717, 1.165) is 11.3 Å². The van der Waals surface area contributed by atoms with Gasteiger partial charge in [0.25, 0.3) is 0 Å². The Bertz CT molecular complexity index is 958. The van der Waals surface area contributed by atoms with Crippen molar-refractivity contribution < 1.29 is 4.79 Å². The van der Waals surface area contributed by atoms with Crippen LogP contribution in [0.5, 0.6) is 0 Å². The second-order valence-electron chi connectivity index (χ2n) is 7.42. The number of Topliss-reactive ketones (excluding diaryl/α,β-unsaturated/α-hetero) is 1. The lowest BCUT2D eigenvalue weighted by Gasteiger charge is -2.16. The van der Waals surface area contributed by atoms with Crippen molar-refractivity contribution in [2.75, 3.05) is 5.75 Å². The molecule has 0 saturated heterocycles. The molecule has 0 N–H and O–H groups in total. The fourth-order valence-corrected chi connectivity index (χ4v) is 3.79. The van der Waals surface area contributed by atoms with Crippen LogP contribution < -0.4 is 0 Å². The van der Waals surface area contributed by atoms with Gasteiger partial charge in [-0.1, -0.05) is 74.0 Å². The van der Waals surface area contributed by atoms with E-state index >= 15 is 0 Å². The summed E-state index contributed by atoms with van der Waals surface area (Å²) in [6, 6.07) is 15.7. The van der Waals surface area contributed by atoms with Crippen LogP contribution in [0.1, 0.15) is 26.3 Å². The van der Waals surface area contributed by atoms with E-state index in [1.165, 1.54) is 17.3 Å². The lowest BCUT2D eigenvalue weighted by atomic mass is 9.92. The molecule has 0 unspecified atom stereocenters. The van der Waals surface area contributed by atoms with E-state index in [1.807, 2.05) is 80.8 Å². The molecule has 3 rings (SSSR count). The van der Waals surface area contributed by atoms with E-state index in [2.05, 4.69) is 10.2 Å². The van der Waals surface area contributed by atoms with E-state index in [-0.39, 0.29) is 11.2 Å². The van der Waals surface area contributed by atoms with E-state index in [0.29, 0.717) is 21.8 Å². The van der Waals surface area contributed by atoms with E-state index < -0.39 is 0 Å². The summed E-state index contributed by atoms with van der Waals surface area (Å²) in [5.74, 6) is 1.18. The molecule has 1 heterocycles. The first-order chi connectivity index (χ1) is 12.8. The topological polar surface area (TPSA) is 47.8 Å². The molecule has 0 aliphatic rings. The number of benzene rings is 2. The molecule has 0 amide bonds. The van der Waals surface area contributed by atoms with E-state index in [1.54, 1.807) is 0 Å². The maximum Gasteiger partial charge on any atom is 0.196 e. The molecular weight excluding hydrogens is 378 g/mol. The third kappa shape index (κ3) is 4.42. The molecule has 0 radical (unpaired) electrons. The van der Waals surface area contributed by atoms with Gasteiger partial charge in [-0.05, 0) is 31.2 Å². The van der Waals surface area contributed by atoms with Crippen molar-refractivity contribution >= 4 is 29.1 Å². The monoisotopic (exact) mass is 399 g/mol. The summed E-state index contributed by atoms with van der Waals surface area (Å²) in [7, 11) is 0. The molecule has 0 aliphatic heterocycles. The minimum atomic E-state index is -0.382. The molecule has 140 valence electrons. The molecule has 6 heteroatoms. The third-order valence-corrected chi connectivity index (χ3v) is 5.47.